The van der Waals surface area contributed by atoms with E-state index in [1.165, 1.54) is 0 Å². The Kier molecular flexibility index (Phi) is 4.45. The Balaban J connectivity index is 1.49. The molecule has 0 spiro atoms. The molecule has 2 aliphatic rings. The molecule has 0 unspecified atom stereocenters. The zero-order valence-electron chi connectivity index (χ0n) is 14.5. The molecular formula is C21H21ClN2O2. The van der Waals surface area contributed by atoms with Crippen LogP contribution in [-0.2, 0) is 15.1 Å². The first-order valence-electron chi connectivity index (χ1n) is 9.04. The largest absolute Gasteiger partial charge is 0.346 e. The molecule has 2 fully saturated rings. The number of carbonyl (C=O) groups is 2. The predicted molar refractivity (Wildman–Crippen MR) is 102 cm³/mol. The number of hydrogen-bond acceptors (Lipinski definition) is 2. The van der Waals surface area contributed by atoms with Crippen LogP contribution in [0.4, 0.5) is 5.69 Å². The third kappa shape index (κ3) is 2.99. The van der Waals surface area contributed by atoms with Crippen molar-refractivity contribution in [3.63, 3.8) is 0 Å². The van der Waals surface area contributed by atoms with Gasteiger partial charge in [-0.3, -0.25) is 9.59 Å². The van der Waals surface area contributed by atoms with Gasteiger partial charge in [-0.2, -0.15) is 0 Å². The van der Waals surface area contributed by atoms with Gasteiger partial charge < -0.3 is 10.2 Å². The highest BCUT2D eigenvalue weighted by atomic mass is 35.5. The summed E-state index contributed by atoms with van der Waals surface area (Å²) in [5.41, 5.74) is 1.60. The van der Waals surface area contributed by atoms with Crippen LogP contribution in [-0.4, -0.2) is 18.4 Å². The number of halogens is 1. The zero-order valence-corrected chi connectivity index (χ0v) is 15.2. The van der Waals surface area contributed by atoms with Gasteiger partial charge in [0.25, 0.3) is 0 Å². The summed E-state index contributed by atoms with van der Waals surface area (Å²) in [6.45, 7) is 0.552. The van der Waals surface area contributed by atoms with Gasteiger partial charge in [0.15, 0.2) is 0 Å². The van der Waals surface area contributed by atoms with E-state index in [1.54, 1.807) is 17.0 Å². The Bertz CT molecular complexity index is 816. The lowest BCUT2D eigenvalue weighted by Gasteiger charge is -2.43. The molecule has 2 aromatic rings. The van der Waals surface area contributed by atoms with E-state index in [1.807, 2.05) is 30.3 Å². The maximum Gasteiger partial charge on any atom is 0.239 e. The number of anilines is 1. The van der Waals surface area contributed by atoms with E-state index in [0.717, 1.165) is 30.5 Å². The van der Waals surface area contributed by atoms with Crippen molar-refractivity contribution in [2.45, 2.75) is 31.2 Å². The quantitative estimate of drug-likeness (QED) is 0.832. The van der Waals surface area contributed by atoms with Crippen molar-refractivity contribution in [1.29, 1.82) is 0 Å². The molecule has 0 bridgehead atoms. The summed E-state index contributed by atoms with van der Waals surface area (Å²) in [5, 5.41) is 3.82. The van der Waals surface area contributed by atoms with Gasteiger partial charge in [0, 0.05) is 17.3 Å². The standard InChI is InChI=1S/C21H21ClN2O2/c22-16-7-9-17(10-8-16)24-14-11-18(20(24)26)19(25)23-21(12-4-13-21)15-5-2-1-3-6-15/h1-3,5-10,18H,4,11-14H2,(H,23,25)/t18-/m1/s1. The maximum atomic E-state index is 12.9. The maximum absolute atomic E-state index is 12.9. The predicted octanol–water partition coefficient (Wildman–Crippen LogP) is 3.89. The van der Waals surface area contributed by atoms with E-state index < -0.39 is 5.92 Å². The lowest BCUT2D eigenvalue weighted by Crippen LogP contribution is -2.53. The fourth-order valence-corrected chi connectivity index (χ4v) is 4.02. The van der Waals surface area contributed by atoms with E-state index in [0.29, 0.717) is 18.0 Å². The molecule has 1 aliphatic carbocycles. The van der Waals surface area contributed by atoms with Crippen LogP contribution in [0.1, 0.15) is 31.2 Å². The van der Waals surface area contributed by atoms with Gasteiger partial charge in [-0.1, -0.05) is 41.9 Å². The second kappa shape index (κ2) is 6.76. The molecule has 1 saturated heterocycles. The van der Waals surface area contributed by atoms with Crippen LogP contribution in [0.5, 0.6) is 0 Å². The fraction of sp³-hybridized carbons (Fsp3) is 0.333. The first-order chi connectivity index (χ1) is 12.6. The van der Waals surface area contributed by atoms with Crippen LogP contribution in [0.3, 0.4) is 0 Å². The van der Waals surface area contributed by atoms with E-state index in [2.05, 4.69) is 17.4 Å². The van der Waals surface area contributed by atoms with Crippen molar-refractivity contribution in [2.75, 3.05) is 11.4 Å². The highest BCUT2D eigenvalue weighted by Crippen LogP contribution is 2.41. The molecule has 2 amide bonds. The molecule has 5 heteroatoms. The number of hydrogen-bond donors (Lipinski definition) is 1. The summed E-state index contributed by atoms with van der Waals surface area (Å²) in [5.74, 6) is -0.908. The normalized spacial score (nSPS) is 21.3. The smallest absolute Gasteiger partial charge is 0.239 e. The molecule has 134 valence electrons. The Morgan fingerprint density at radius 1 is 1.08 bits per heavy atom. The summed E-state index contributed by atoms with van der Waals surface area (Å²) in [4.78, 5) is 27.4. The molecule has 4 rings (SSSR count). The molecule has 1 saturated carbocycles. The number of rotatable bonds is 4. The van der Waals surface area contributed by atoms with Gasteiger partial charge in [0.2, 0.25) is 11.8 Å². The van der Waals surface area contributed by atoms with Crippen LogP contribution in [0.15, 0.2) is 54.6 Å². The summed E-state index contributed by atoms with van der Waals surface area (Å²) in [6, 6.07) is 17.2. The summed E-state index contributed by atoms with van der Waals surface area (Å²) in [7, 11) is 0. The topological polar surface area (TPSA) is 49.4 Å². The van der Waals surface area contributed by atoms with E-state index >= 15 is 0 Å². The first kappa shape index (κ1) is 17.1. The molecular weight excluding hydrogens is 348 g/mol. The number of nitrogens with one attached hydrogen (secondary N) is 1. The van der Waals surface area contributed by atoms with E-state index in [-0.39, 0.29) is 17.4 Å². The minimum Gasteiger partial charge on any atom is -0.346 e. The third-order valence-corrected chi connectivity index (χ3v) is 5.81. The van der Waals surface area contributed by atoms with Gasteiger partial charge in [-0.15, -0.1) is 0 Å². The van der Waals surface area contributed by atoms with E-state index in [4.69, 9.17) is 11.6 Å². The van der Waals surface area contributed by atoms with Crippen molar-refractivity contribution in [3.05, 3.63) is 65.2 Å². The number of carbonyl (C=O) groups excluding carboxylic acids is 2. The van der Waals surface area contributed by atoms with Crippen LogP contribution >= 0.6 is 11.6 Å². The Labute approximate surface area is 158 Å². The first-order valence-corrected chi connectivity index (χ1v) is 9.41. The van der Waals surface area contributed by atoms with Gasteiger partial charge in [-0.25, -0.2) is 0 Å². The molecule has 26 heavy (non-hydrogen) atoms. The number of benzene rings is 2. The van der Waals surface area contributed by atoms with Crippen molar-refractivity contribution in [1.82, 2.24) is 5.32 Å². The summed E-state index contributed by atoms with van der Waals surface area (Å²) >= 11 is 5.92. The molecule has 4 nitrogen and oxygen atoms in total. The average molecular weight is 369 g/mol. The van der Waals surface area contributed by atoms with Gasteiger partial charge in [-0.05, 0) is 55.5 Å². The minimum absolute atomic E-state index is 0.132. The zero-order chi connectivity index (χ0) is 18.1. The Morgan fingerprint density at radius 3 is 2.38 bits per heavy atom. The van der Waals surface area contributed by atoms with Crippen LogP contribution in [0, 0.1) is 5.92 Å². The highest BCUT2D eigenvalue weighted by Gasteiger charge is 2.44. The van der Waals surface area contributed by atoms with Crippen LogP contribution in [0.25, 0.3) is 0 Å². The molecule has 1 heterocycles. The second-order valence-corrected chi connectivity index (χ2v) is 7.53. The number of amides is 2. The van der Waals surface area contributed by atoms with Crippen LogP contribution in [0.2, 0.25) is 5.02 Å². The van der Waals surface area contributed by atoms with Crippen molar-refractivity contribution in [3.8, 4) is 0 Å². The lowest BCUT2D eigenvalue weighted by molar-refractivity contribution is -0.134. The SMILES string of the molecule is O=C(NC1(c2ccccc2)CCC1)[C@H]1CCN(c2ccc(Cl)cc2)C1=O. The van der Waals surface area contributed by atoms with Gasteiger partial charge in [0.05, 0.1) is 5.54 Å². The van der Waals surface area contributed by atoms with Gasteiger partial charge in [0.1, 0.15) is 5.92 Å². The second-order valence-electron chi connectivity index (χ2n) is 7.10. The molecule has 1 aliphatic heterocycles. The molecule has 1 N–H and O–H groups in total. The number of nitrogens with zero attached hydrogens (tertiary/aromatic N) is 1. The van der Waals surface area contributed by atoms with Crippen molar-refractivity contribution >= 4 is 29.1 Å². The minimum atomic E-state index is -0.619. The average Bonchev–Trinajstić information content (AvgIpc) is 3.01. The van der Waals surface area contributed by atoms with E-state index in [9.17, 15) is 9.59 Å². The summed E-state index contributed by atoms with van der Waals surface area (Å²) in [6.07, 6.45) is 3.47. The van der Waals surface area contributed by atoms with Crippen molar-refractivity contribution in [2.24, 2.45) is 5.92 Å². The van der Waals surface area contributed by atoms with Crippen LogP contribution < -0.4 is 10.2 Å². The molecule has 0 aromatic heterocycles. The van der Waals surface area contributed by atoms with Gasteiger partial charge >= 0.3 is 0 Å². The monoisotopic (exact) mass is 368 g/mol. The Morgan fingerprint density at radius 2 is 1.77 bits per heavy atom. The van der Waals surface area contributed by atoms with Crippen molar-refractivity contribution < 1.29 is 9.59 Å². The third-order valence-electron chi connectivity index (χ3n) is 5.56. The molecule has 0 radical (unpaired) electrons. The summed E-state index contributed by atoms with van der Waals surface area (Å²) < 4.78 is 0. The molecule has 1 atom stereocenters. The molecule has 2 aromatic carbocycles. The Hall–Kier alpha value is -2.33. The highest BCUT2D eigenvalue weighted by molar-refractivity contribution is 6.30. The fourth-order valence-electron chi connectivity index (χ4n) is 3.90. The lowest BCUT2D eigenvalue weighted by atomic mass is 9.71.